The zero-order valence-electron chi connectivity index (χ0n) is 9.99. The molecule has 5 heteroatoms. The number of nitrogens with zero attached hydrogens (tertiary/aromatic N) is 1. The number of benzene rings is 1. The molecule has 2 nitrogen and oxygen atoms in total. The first-order chi connectivity index (χ1) is 8.72. The molecule has 0 aliphatic heterocycles. The van der Waals surface area contributed by atoms with E-state index in [1.54, 1.807) is 23.6 Å². The van der Waals surface area contributed by atoms with Gasteiger partial charge in [0.25, 0.3) is 0 Å². The molecular weight excluding hydrogens is 254 g/mol. The van der Waals surface area contributed by atoms with Gasteiger partial charge in [0, 0.05) is 23.7 Å². The number of hydrogen-bond donors (Lipinski definition) is 1. The van der Waals surface area contributed by atoms with Gasteiger partial charge in [-0.15, -0.1) is 11.3 Å². The second kappa shape index (κ2) is 6.02. The van der Waals surface area contributed by atoms with Crippen molar-refractivity contribution < 1.29 is 8.78 Å². The molecule has 96 valence electrons. The molecule has 1 atom stereocenters. The highest BCUT2D eigenvalue weighted by Crippen LogP contribution is 2.20. The van der Waals surface area contributed by atoms with Gasteiger partial charge in [-0.05, 0) is 12.5 Å². The van der Waals surface area contributed by atoms with Crippen LogP contribution in [0.25, 0.3) is 0 Å². The second-order valence-electron chi connectivity index (χ2n) is 3.93. The summed E-state index contributed by atoms with van der Waals surface area (Å²) in [6, 6.07) is 4.30. The Kier molecular flexibility index (Phi) is 4.38. The Hall–Kier alpha value is -1.33. The molecule has 0 aliphatic carbocycles. The van der Waals surface area contributed by atoms with Crippen molar-refractivity contribution in [1.29, 1.82) is 0 Å². The molecule has 0 amide bonds. The van der Waals surface area contributed by atoms with Gasteiger partial charge in [-0.1, -0.05) is 19.1 Å². The molecule has 2 aromatic rings. The topological polar surface area (TPSA) is 24.9 Å². The first-order valence-corrected chi connectivity index (χ1v) is 6.66. The fourth-order valence-corrected chi connectivity index (χ4v) is 2.53. The predicted octanol–water partition coefficient (Wildman–Crippen LogP) is 3.66. The number of thiazole rings is 1. The molecule has 1 N–H and O–H groups in total. The number of aromatic nitrogens is 1. The third-order valence-corrected chi connectivity index (χ3v) is 3.62. The van der Waals surface area contributed by atoms with E-state index in [0.717, 1.165) is 17.5 Å². The van der Waals surface area contributed by atoms with E-state index in [4.69, 9.17) is 0 Å². The van der Waals surface area contributed by atoms with Gasteiger partial charge >= 0.3 is 0 Å². The summed E-state index contributed by atoms with van der Waals surface area (Å²) in [7, 11) is 0. The van der Waals surface area contributed by atoms with Crippen LogP contribution in [0.3, 0.4) is 0 Å². The van der Waals surface area contributed by atoms with Crippen molar-refractivity contribution in [2.45, 2.75) is 25.9 Å². The van der Waals surface area contributed by atoms with Gasteiger partial charge in [0.2, 0.25) is 0 Å². The minimum atomic E-state index is -0.809. The summed E-state index contributed by atoms with van der Waals surface area (Å²) >= 11 is 1.56. The maximum absolute atomic E-state index is 13.5. The average Bonchev–Trinajstić information content (AvgIpc) is 2.89. The molecule has 1 aromatic heterocycles. The van der Waals surface area contributed by atoms with Crippen LogP contribution in [-0.4, -0.2) is 4.98 Å². The maximum atomic E-state index is 13.5. The van der Waals surface area contributed by atoms with E-state index in [-0.39, 0.29) is 6.04 Å². The quantitative estimate of drug-likeness (QED) is 0.895. The summed E-state index contributed by atoms with van der Waals surface area (Å²) < 4.78 is 26.5. The Morgan fingerprint density at radius 3 is 2.89 bits per heavy atom. The van der Waals surface area contributed by atoms with E-state index >= 15 is 0 Å². The molecule has 1 aromatic carbocycles. The van der Waals surface area contributed by atoms with Gasteiger partial charge in [-0.2, -0.15) is 0 Å². The van der Waals surface area contributed by atoms with Crippen LogP contribution >= 0.6 is 11.3 Å². The lowest BCUT2D eigenvalue weighted by molar-refractivity contribution is 0.472. The van der Waals surface area contributed by atoms with Crippen LogP contribution in [0.2, 0.25) is 0 Å². The molecule has 0 radical (unpaired) electrons. The number of halogens is 2. The van der Waals surface area contributed by atoms with Crippen LogP contribution in [0.1, 0.15) is 30.0 Å². The van der Waals surface area contributed by atoms with Crippen LogP contribution in [0, 0.1) is 11.6 Å². The molecule has 0 spiro atoms. The lowest BCUT2D eigenvalue weighted by atomic mass is 10.1. The minimum Gasteiger partial charge on any atom is -0.304 e. The van der Waals surface area contributed by atoms with Crippen molar-refractivity contribution in [3.8, 4) is 0 Å². The zero-order valence-corrected chi connectivity index (χ0v) is 10.8. The van der Waals surface area contributed by atoms with Crippen molar-refractivity contribution in [2.75, 3.05) is 0 Å². The van der Waals surface area contributed by atoms with Crippen LogP contribution < -0.4 is 5.32 Å². The summed E-state index contributed by atoms with van der Waals surface area (Å²) in [4.78, 5) is 4.23. The Morgan fingerprint density at radius 1 is 1.39 bits per heavy atom. The van der Waals surface area contributed by atoms with Crippen molar-refractivity contribution in [1.82, 2.24) is 10.3 Å². The molecule has 1 heterocycles. The Morgan fingerprint density at radius 2 is 2.22 bits per heavy atom. The van der Waals surface area contributed by atoms with E-state index in [9.17, 15) is 8.78 Å². The summed E-state index contributed by atoms with van der Waals surface area (Å²) in [6.45, 7) is 2.32. The third-order valence-electron chi connectivity index (χ3n) is 2.73. The smallest absolute Gasteiger partial charge is 0.163 e. The third kappa shape index (κ3) is 2.91. The molecule has 0 bridgehead atoms. The van der Waals surface area contributed by atoms with Gasteiger partial charge in [0.05, 0.1) is 6.04 Å². The highest BCUT2D eigenvalue weighted by molar-refractivity contribution is 7.09. The van der Waals surface area contributed by atoms with E-state index in [1.165, 1.54) is 6.07 Å². The van der Waals surface area contributed by atoms with Gasteiger partial charge in [0.15, 0.2) is 11.6 Å². The normalized spacial score (nSPS) is 12.6. The zero-order chi connectivity index (χ0) is 13.0. The average molecular weight is 268 g/mol. The number of hydrogen-bond acceptors (Lipinski definition) is 3. The molecule has 0 fully saturated rings. The molecule has 0 saturated heterocycles. The minimum absolute atomic E-state index is 0.0765. The van der Waals surface area contributed by atoms with E-state index in [1.807, 2.05) is 12.3 Å². The fraction of sp³-hybridized carbons (Fsp3) is 0.308. The lowest BCUT2D eigenvalue weighted by Crippen LogP contribution is -2.20. The molecule has 1 unspecified atom stereocenters. The first-order valence-electron chi connectivity index (χ1n) is 5.78. The van der Waals surface area contributed by atoms with E-state index < -0.39 is 11.6 Å². The number of nitrogens with one attached hydrogen (secondary N) is 1. The van der Waals surface area contributed by atoms with Crippen LogP contribution in [0.5, 0.6) is 0 Å². The predicted molar refractivity (Wildman–Crippen MR) is 68.3 cm³/mol. The largest absolute Gasteiger partial charge is 0.304 e. The molecule has 0 aliphatic rings. The molecule has 18 heavy (non-hydrogen) atoms. The van der Waals surface area contributed by atoms with Crippen LogP contribution in [0.15, 0.2) is 29.8 Å². The van der Waals surface area contributed by atoms with Gasteiger partial charge in [-0.3, -0.25) is 0 Å². The highest BCUT2D eigenvalue weighted by Gasteiger charge is 2.13. The second-order valence-corrected chi connectivity index (χ2v) is 4.85. The standard InChI is InChI=1S/C13H14F2N2S/c1-2-11(13-16-6-7-18-13)17-8-9-4-3-5-10(14)12(9)15/h3-7,11,17H,2,8H2,1H3. The van der Waals surface area contributed by atoms with Crippen molar-refractivity contribution in [3.05, 3.63) is 52.0 Å². The lowest BCUT2D eigenvalue weighted by Gasteiger charge is -2.14. The van der Waals surface area contributed by atoms with Crippen molar-refractivity contribution in [3.63, 3.8) is 0 Å². The van der Waals surface area contributed by atoms with E-state index in [0.29, 0.717) is 12.1 Å². The molecular formula is C13H14F2N2S. The highest BCUT2D eigenvalue weighted by atomic mass is 32.1. The van der Waals surface area contributed by atoms with Crippen LogP contribution in [0.4, 0.5) is 8.78 Å². The van der Waals surface area contributed by atoms with Crippen LogP contribution in [-0.2, 0) is 6.54 Å². The van der Waals surface area contributed by atoms with E-state index in [2.05, 4.69) is 10.3 Å². The molecule has 0 saturated carbocycles. The first kappa shape index (κ1) is 13.1. The Bertz CT molecular complexity index is 500. The number of rotatable bonds is 5. The van der Waals surface area contributed by atoms with Crippen molar-refractivity contribution >= 4 is 11.3 Å². The summed E-state index contributed by atoms with van der Waals surface area (Å²) in [5.74, 6) is -1.59. The van der Waals surface area contributed by atoms with Gasteiger partial charge in [-0.25, -0.2) is 13.8 Å². The maximum Gasteiger partial charge on any atom is 0.163 e. The summed E-state index contributed by atoms with van der Waals surface area (Å²) in [5, 5.41) is 6.07. The van der Waals surface area contributed by atoms with Gasteiger partial charge < -0.3 is 5.32 Å². The summed E-state index contributed by atoms with van der Waals surface area (Å²) in [5.41, 5.74) is 0.338. The Labute approximate surface area is 109 Å². The fourth-order valence-electron chi connectivity index (χ4n) is 1.73. The SMILES string of the molecule is CCC(NCc1cccc(F)c1F)c1nccs1. The Balaban J connectivity index is 2.04. The van der Waals surface area contributed by atoms with Gasteiger partial charge in [0.1, 0.15) is 5.01 Å². The van der Waals surface area contributed by atoms with Crippen molar-refractivity contribution in [2.24, 2.45) is 0 Å². The molecule has 2 rings (SSSR count). The summed E-state index contributed by atoms with van der Waals surface area (Å²) in [6.07, 6.45) is 2.59. The monoisotopic (exact) mass is 268 g/mol.